The van der Waals surface area contributed by atoms with Crippen LogP contribution in [0.4, 0.5) is 29.3 Å². The second-order valence-corrected chi connectivity index (χ2v) is 6.11. The fourth-order valence-corrected chi connectivity index (χ4v) is 2.72. The number of nitrogens with one attached hydrogen (secondary N) is 2. The van der Waals surface area contributed by atoms with E-state index in [1.807, 2.05) is 0 Å². The highest BCUT2D eigenvalue weighted by Gasteiger charge is 2.35. The lowest BCUT2D eigenvalue weighted by atomic mass is 10.1. The molecule has 6 nitrogen and oxygen atoms in total. The highest BCUT2D eigenvalue weighted by Crippen LogP contribution is 2.36. The quantitative estimate of drug-likeness (QED) is 0.833. The molecule has 3 amide bonds. The van der Waals surface area contributed by atoms with Gasteiger partial charge in [0.05, 0.1) is 24.5 Å². The molecule has 0 spiro atoms. The lowest BCUT2D eigenvalue weighted by Gasteiger charge is -2.27. The normalized spacial score (nSPS) is 14.5. The highest BCUT2D eigenvalue weighted by molar-refractivity contribution is 6.04. The number of carbonyl (C=O) groups excluding carboxylic acids is 2. The lowest BCUT2D eigenvalue weighted by molar-refractivity contribution is -0.136. The fourth-order valence-electron chi connectivity index (χ4n) is 2.72. The molecule has 0 unspecified atom stereocenters. The third kappa shape index (κ3) is 4.80. The van der Waals surface area contributed by atoms with E-state index in [0.29, 0.717) is 31.9 Å². The number of rotatable bonds is 3. The third-order valence-electron chi connectivity index (χ3n) is 4.16. The number of alkyl halides is 3. The smallest absolute Gasteiger partial charge is 0.378 e. The second-order valence-electron chi connectivity index (χ2n) is 6.11. The molecule has 2 aromatic carbocycles. The highest BCUT2D eigenvalue weighted by atomic mass is 19.4. The van der Waals surface area contributed by atoms with Crippen molar-refractivity contribution in [2.75, 3.05) is 36.9 Å². The van der Waals surface area contributed by atoms with Gasteiger partial charge < -0.3 is 20.3 Å². The maximum Gasteiger partial charge on any atom is 0.418 e. The van der Waals surface area contributed by atoms with Gasteiger partial charge in [-0.05, 0) is 30.3 Å². The zero-order valence-electron chi connectivity index (χ0n) is 14.8. The zero-order chi connectivity index (χ0) is 20.1. The standard InChI is InChI=1S/C19H18F3N3O3/c20-19(21,22)15-12-14(23-17(26)13-4-2-1-3-5-13)6-7-16(15)24-18(27)25-8-10-28-11-9-25/h1-7,12H,8-11H2,(H,23,26)(H,24,27). The van der Waals surface area contributed by atoms with Crippen molar-refractivity contribution < 1.29 is 27.5 Å². The number of ether oxygens (including phenoxy) is 1. The molecule has 28 heavy (non-hydrogen) atoms. The van der Waals surface area contributed by atoms with Crippen LogP contribution in [-0.4, -0.2) is 43.1 Å². The summed E-state index contributed by atoms with van der Waals surface area (Å²) in [5.74, 6) is -0.529. The number of halogens is 3. The SMILES string of the molecule is O=C(Nc1ccc(NC(=O)N2CCOCC2)c(C(F)(F)F)c1)c1ccccc1. The Morgan fingerprint density at radius 1 is 0.964 bits per heavy atom. The average molecular weight is 393 g/mol. The van der Waals surface area contributed by atoms with Crippen LogP contribution in [-0.2, 0) is 10.9 Å². The van der Waals surface area contributed by atoms with Gasteiger partial charge in [0.2, 0.25) is 0 Å². The number of hydrogen-bond acceptors (Lipinski definition) is 3. The van der Waals surface area contributed by atoms with E-state index in [9.17, 15) is 22.8 Å². The molecule has 9 heteroatoms. The molecule has 0 radical (unpaired) electrons. The van der Waals surface area contributed by atoms with Gasteiger partial charge in [-0.3, -0.25) is 4.79 Å². The van der Waals surface area contributed by atoms with E-state index in [0.717, 1.165) is 12.1 Å². The number of anilines is 2. The Kier molecular flexibility index (Phi) is 5.84. The van der Waals surface area contributed by atoms with Gasteiger partial charge in [-0.2, -0.15) is 13.2 Å². The number of benzene rings is 2. The van der Waals surface area contributed by atoms with Crippen LogP contribution < -0.4 is 10.6 Å². The summed E-state index contributed by atoms with van der Waals surface area (Å²) >= 11 is 0. The molecule has 1 aliphatic heterocycles. The molecule has 1 aliphatic rings. The first-order valence-corrected chi connectivity index (χ1v) is 8.56. The molecule has 0 aromatic heterocycles. The van der Waals surface area contributed by atoms with E-state index in [4.69, 9.17) is 4.74 Å². The van der Waals surface area contributed by atoms with Crippen molar-refractivity contribution in [2.24, 2.45) is 0 Å². The van der Waals surface area contributed by atoms with Crippen LogP contribution >= 0.6 is 0 Å². The number of morpholine rings is 1. The molecular weight excluding hydrogens is 375 g/mol. The van der Waals surface area contributed by atoms with Crippen LogP contribution in [0.25, 0.3) is 0 Å². The summed E-state index contributed by atoms with van der Waals surface area (Å²) in [5.41, 5.74) is -1.12. The van der Waals surface area contributed by atoms with Gasteiger partial charge in [-0.15, -0.1) is 0 Å². The van der Waals surface area contributed by atoms with Crippen molar-refractivity contribution in [1.82, 2.24) is 4.90 Å². The molecule has 1 fully saturated rings. The Hall–Kier alpha value is -3.07. The first-order valence-electron chi connectivity index (χ1n) is 8.56. The van der Waals surface area contributed by atoms with Gasteiger partial charge in [0, 0.05) is 24.3 Å². The minimum absolute atomic E-state index is 0.0226. The summed E-state index contributed by atoms with van der Waals surface area (Å²) in [6.45, 7) is 1.28. The maximum absolute atomic E-state index is 13.5. The number of nitrogens with zero attached hydrogens (tertiary/aromatic N) is 1. The lowest BCUT2D eigenvalue weighted by Crippen LogP contribution is -2.43. The van der Waals surface area contributed by atoms with Gasteiger partial charge >= 0.3 is 12.2 Å². The van der Waals surface area contributed by atoms with Crippen LogP contribution in [0.1, 0.15) is 15.9 Å². The van der Waals surface area contributed by atoms with E-state index in [1.165, 1.54) is 11.0 Å². The second kappa shape index (κ2) is 8.30. The largest absolute Gasteiger partial charge is 0.418 e. The van der Waals surface area contributed by atoms with E-state index in [-0.39, 0.29) is 11.4 Å². The fraction of sp³-hybridized carbons (Fsp3) is 0.263. The number of hydrogen-bond donors (Lipinski definition) is 2. The average Bonchev–Trinajstić information content (AvgIpc) is 2.69. The summed E-state index contributed by atoms with van der Waals surface area (Å²) in [7, 11) is 0. The number of urea groups is 1. The van der Waals surface area contributed by atoms with Crippen LogP contribution in [0.15, 0.2) is 48.5 Å². The molecule has 1 saturated heterocycles. The molecule has 2 N–H and O–H groups in total. The Morgan fingerprint density at radius 3 is 2.29 bits per heavy atom. The Balaban J connectivity index is 1.80. The van der Waals surface area contributed by atoms with E-state index >= 15 is 0 Å². The van der Waals surface area contributed by atoms with Gasteiger partial charge in [0.1, 0.15) is 0 Å². The Labute approximate surface area is 159 Å². The van der Waals surface area contributed by atoms with E-state index in [1.54, 1.807) is 30.3 Å². The van der Waals surface area contributed by atoms with Crippen molar-refractivity contribution >= 4 is 23.3 Å². The van der Waals surface area contributed by atoms with Gasteiger partial charge in [-0.25, -0.2) is 4.79 Å². The molecular formula is C19H18F3N3O3. The van der Waals surface area contributed by atoms with Gasteiger partial charge in [0.25, 0.3) is 5.91 Å². The monoisotopic (exact) mass is 393 g/mol. The zero-order valence-corrected chi connectivity index (χ0v) is 14.8. The Bertz CT molecular complexity index is 850. The van der Waals surface area contributed by atoms with Crippen LogP contribution in [0.2, 0.25) is 0 Å². The first-order chi connectivity index (χ1) is 13.3. The molecule has 0 aliphatic carbocycles. The van der Waals surface area contributed by atoms with Crippen molar-refractivity contribution in [3.8, 4) is 0 Å². The van der Waals surface area contributed by atoms with E-state index < -0.39 is 23.7 Å². The van der Waals surface area contributed by atoms with Crippen molar-refractivity contribution in [3.63, 3.8) is 0 Å². The summed E-state index contributed by atoms with van der Waals surface area (Å²) in [5, 5.41) is 4.73. The molecule has 0 bridgehead atoms. The molecule has 1 heterocycles. The van der Waals surface area contributed by atoms with Crippen LogP contribution in [0.3, 0.4) is 0 Å². The minimum atomic E-state index is -4.71. The van der Waals surface area contributed by atoms with Crippen molar-refractivity contribution in [1.29, 1.82) is 0 Å². The van der Waals surface area contributed by atoms with Crippen molar-refractivity contribution in [3.05, 3.63) is 59.7 Å². The maximum atomic E-state index is 13.5. The number of amides is 3. The molecule has 0 saturated carbocycles. The molecule has 148 valence electrons. The summed E-state index contributed by atoms with van der Waals surface area (Å²) in [4.78, 5) is 25.8. The van der Waals surface area contributed by atoms with Crippen LogP contribution in [0.5, 0.6) is 0 Å². The summed E-state index contributed by atoms with van der Waals surface area (Å²) < 4.78 is 45.6. The Morgan fingerprint density at radius 2 is 1.64 bits per heavy atom. The van der Waals surface area contributed by atoms with Gasteiger partial charge in [-0.1, -0.05) is 18.2 Å². The number of carbonyl (C=O) groups is 2. The van der Waals surface area contributed by atoms with Crippen molar-refractivity contribution in [2.45, 2.75) is 6.18 Å². The minimum Gasteiger partial charge on any atom is -0.378 e. The molecule has 0 atom stereocenters. The summed E-state index contributed by atoms with van der Waals surface area (Å²) in [6, 6.07) is 10.7. The van der Waals surface area contributed by atoms with Gasteiger partial charge in [0.15, 0.2) is 0 Å². The first kappa shape index (κ1) is 19.7. The summed E-state index contributed by atoms with van der Waals surface area (Å²) in [6.07, 6.45) is -4.71. The molecule has 2 aromatic rings. The predicted octanol–water partition coefficient (Wildman–Crippen LogP) is 3.82. The topological polar surface area (TPSA) is 70.7 Å². The third-order valence-corrected chi connectivity index (χ3v) is 4.16. The van der Waals surface area contributed by atoms with Crippen LogP contribution in [0, 0.1) is 0 Å². The molecule has 3 rings (SSSR count). The predicted molar refractivity (Wildman–Crippen MR) is 97.2 cm³/mol. The van der Waals surface area contributed by atoms with E-state index in [2.05, 4.69) is 10.6 Å².